The largest absolute Gasteiger partial charge is 0.361 e. The van der Waals surface area contributed by atoms with Crippen LogP contribution in [0.15, 0.2) is 24.4 Å². The SMILES string of the molecule is [2H]N(C)S(=O)(=O)C([2H])([2H])c1ccc2c(c1)c(C([2H])([2H])C([2H])([2H])N(C([2H])([2H])[2H])C([2H])([2H])[2H])cn2[2H]. The minimum absolute atomic E-state index is 0.101. The molecule has 2 N–H and O–H groups in total. The van der Waals surface area contributed by atoms with Gasteiger partial charge in [-0.1, -0.05) is 6.07 Å². The van der Waals surface area contributed by atoms with E-state index in [0.717, 1.165) is 31.4 Å². The lowest BCUT2D eigenvalue weighted by Gasteiger charge is -2.08. The molecular weight excluding hydrogens is 274 g/mol. The molecule has 5 nitrogen and oxygen atoms in total. The molecule has 1 aromatic carbocycles. The first-order valence-corrected chi connectivity index (χ1v) is 6.79. The fraction of sp³-hybridized carbons (Fsp3) is 0.429. The molecule has 0 aliphatic heterocycles. The normalized spacial score (nSPS) is 26.4. The summed E-state index contributed by atoms with van der Waals surface area (Å²) in [5.41, 5.74) is -4.60. The summed E-state index contributed by atoms with van der Waals surface area (Å²) in [5.74, 6) is 0. The van der Waals surface area contributed by atoms with Crippen LogP contribution in [0.4, 0.5) is 0 Å². The number of aromatic amines is 1. The van der Waals surface area contributed by atoms with Crippen molar-refractivity contribution in [2.45, 2.75) is 12.1 Å². The van der Waals surface area contributed by atoms with E-state index in [9.17, 15) is 8.42 Å². The highest BCUT2D eigenvalue weighted by Crippen LogP contribution is 2.21. The van der Waals surface area contributed by atoms with Gasteiger partial charge in [0.25, 0.3) is 0 Å². The molecule has 0 unspecified atom stereocenters. The van der Waals surface area contributed by atoms with Gasteiger partial charge in [-0.25, -0.2) is 13.1 Å². The van der Waals surface area contributed by atoms with Crippen molar-refractivity contribution in [3.05, 3.63) is 35.5 Å². The summed E-state index contributed by atoms with van der Waals surface area (Å²) in [5, 5.41) is -0.357. The van der Waals surface area contributed by atoms with Gasteiger partial charge in [0.15, 0.2) is 1.41 Å². The van der Waals surface area contributed by atoms with Crippen molar-refractivity contribution in [2.24, 2.45) is 0 Å². The van der Waals surface area contributed by atoms with Crippen LogP contribution in [0.2, 0.25) is 2.82 Å². The zero-order valence-electron chi connectivity index (χ0n) is 24.4. The Bertz CT molecular complexity index is 1170. The molecule has 0 aliphatic rings. The zero-order chi connectivity index (χ0) is 26.9. The minimum atomic E-state index is -4.87. The van der Waals surface area contributed by atoms with E-state index in [1.807, 2.05) is 0 Å². The number of aromatic nitrogens is 1. The third kappa shape index (κ3) is 3.59. The summed E-state index contributed by atoms with van der Waals surface area (Å²) >= 11 is 0. The van der Waals surface area contributed by atoms with Crippen LogP contribution in [0, 0.1) is 0 Å². The number of hydrogen-bond donors (Lipinski definition) is 2. The monoisotopic (exact) mass is 309 g/mol. The number of aryl methyl sites for hydroxylation is 1. The minimum Gasteiger partial charge on any atom is -0.361 e. The van der Waals surface area contributed by atoms with Crippen LogP contribution in [0.5, 0.6) is 0 Å². The van der Waals surface area contributed by atoms with E-state index < -0.39 is 58.6 Å². The lowest BCUT2D eigenvalue weighted by Crippen LogP contribution is -2.20. The Hall–Kier alpha value is -1.37. The maximum Gasteiger partial charge on any atom is 0.215 e. The summed E-state index contributed by atoms with van der Waals surface area (Å²) in [7, 11) is -4.08. The maximum absolute atomic E-state index is 12.3. The van der Waals surface area contributed by atoms with Crippen LogP contribution in [-0.4, -0.2) is 45.8 Å². The van der Waals surface area contributed by atoms with Crippen molar-refractivity contribution in [2.75, 3.05) is 27.5 Å². The second kappa shape index (κ2) is 5.95. The number of likely N-dealkylation sites (N-methyl/N-ethyl adjacent to an activating group) is 1. The predicted molar refractivity (Wildman–Crippen MR) is 82.2 cm³/mol. The second-order valence-corrected chi connectivity index (χ2v) is 5.26. The number of benzene rings is 1. The quantitative estimate of drug-likeness (QED) is 0.846. The molecule has 0 fully saturated rings. The first kappa shape index (κ1) is 5.12. The standard InChI is InChI=1S/C14H21N3O2S/c1-15-20(18,19)10-11-4-5-14-13(8-11)12(9-16-14)6-7-17(2)3/h4-5,8-9,15-16H,6-7,10H2,1-3H3/i2D3,3D3,6D2,7D2,10D2/hD2. The summed E-state index contributed by atoms with van der Waals surface area (Å²) in [6.45, 7) is -10.9. The lowest BCUT2D eigenvalue weighted by atomic mass is 10.1. The van der Waals surface area contributed by atoms with E-state index in [2.05, 4.69) is 0 Å². The average molecular weight is 309 g/mol. The zero-order valence-corrected chi connectivity index (χ0v) is 11.2. The molecule has 0 radical (unpaired) electrons. The summed E-state index contributed by atoms with van der Waals surface area (Å²) in [4.78, 5) is -0.0131. The van der Waals surface area contributed by atoms with Crippen molar-refractivity contribution in [3.63, 3.8) is 0 Å². The molecule has 0 saturated carbocycles. The molecule has 0 saturated heterocycles. The Labute approximate surface area is 139 Å². The van der Waals surface area contributed by atoms with E-state index in [0.29, 0.717) is 4.98 Å². The number of sulfonamides is 1. The Kier molecular flexibility index (Phi) is 1.52. The van der Waals surface area contributed by atoms with Gasteiger partial charge in [-0.2, -0.15) is 0 Å². The van der Waals surface area contributed by atoms with Gasteiger partial charge < -0.3 is 9.88 Å². The van der Waals surface area contributed by atoms with Crippen molar-refractivity contribution in [1.82, 2.24) is 14.6 Å². The van der Waals surface area contributed by atoms with Gasteiger partial charge in [-0.05, 0) is 50.6 Å². The topological polar surface area (TPSA) is 65.2 Å². The first-order valence-electron chi connectivity index (χ1n) is 12.2. The molecule has 0 amide bonds. The summed E-state index contributed by atoms with van der Waals surface area (Å²) in [6, 6.07) is 2.88. The molecule has 1 aromatic heterocycles. The van der Waals surface area contributed by atoms with Gasteiger partial charge >= 0.3 is 0 Å². The van der Waals surface area contributed by atoms with Crippen molar-refractivity contribution >= 4 is 20.9 Å². The molecule has 6 heteroatoms. The van der Waals surface area contributed by atoms with Crippen molar-refractivity contribution in [1.29, 1.82) is 0 Å². The van der Waals surface area contributed by atoms with Crippen LogP contribution < -0.4 is 4.72 Å². The molecule has 1 heterocycles. The van der Waals surface area contributed by atoms with Crippen LogP contribution in [0.1, 0.15) is 27.6 Å². The molecule has 0 spiro atoms. The highest BCUT2D eigenvalue weighted by atomic mass is 32.2. The molecular formula is C14H21N3O2S. The number of rotatable bonds is 6. The van der Waals surface area contributed by atoms with Crippen molar-refractivity contribution in [3.8, 4) is 0 Å². The summed E-state index contributed by atoms with van der Waals surface area (Å²) in [6.07, 6.45) is -2.65. The molecule has 0 aliphatic carbocycles. The van der Waals surface area contributed by atoms with E-state index in [1.165, 1.54) is 0 Å². The van der Waals surface area contributed by atoms with Crippen LogP contribution in [-0.2, 0) is 22.1 Å². The number of H-pyrrole nitrogens is 1. The Morgan fingerprint density at radius 3 is 3.05 bits per heavy atom. The number of fused-ring (bicyclic) bond motifs is 1. The number of hydrogen-bond acceptors (Lipinski definition) is 3. The second-order valence-electron chi connectivity index (χ2n) is 3.74. The van der Waals surface area contributed by atoms with Crippen LogP contribution >= 0.6 is 0 Å². The Morgan fingerprint density at radius 2 is 2.35 bits per heavy atom. The molecule has 2 rings (SSSR count). The average Bonchev–Trinajstić information content (AvgIpc) is 2.95. The van der Waals surface area contributed by atoms with Gasteiger partial charge in [-0.3, -0.25) is 0 Å². The molecule has 20 heavy (non-hydrogen) atoms. The fourth-order valence-electron chi connectivity index (χ4n) is 1.54. The molecule has 2 aromatic rings. The van der Waals surface area contributed by atoms with E-state index in [4.69, 9.17) is 19.3 Å². The molecule has 0 bridgehead atoms. The Morgan fingerprint density at radius 1 is 1.55 bits per heavy atom. The Balaban J connectivity index is 2.84. The summed E-state index contributed by atoms with van der Waals surface area (Å²) < 4.78 is 134. The number of nitrogens with zero attached hydrogens (tertiary/aromatic N) is 1. The van der Waals surface area contributed by atoms with E-state index >= 15 is 0 Å². The van der Waals surface area contributed by atoms with Crippen LogP contribution in [0.25, 0.3) is 10.9 Å². The maximum atomic E-state index is 12.3. The third-order valence-electron chi connectivity index (χ3n) is 2.41. The van der Waals surface area contributed by atoms with Gasteiger partial charge in [0.2, 0.25) is 10.0 Å². The molecule has 110 valence electrons. The highest BCUT2D eigenvalue weighted by molar-refractivity contribution is 7.88. The van der Waals surface area contributed by atoms with Gasteiger partial charge in [0.05, 0.1) is 5.70 Å². The smallest absolute Gasteiger partial charge is 0.215 e. The number of nitrogens with one attached hydrogen (secondary N) is 2. The van der Waals surface area contributed by atoms with Gasteiger partial charge in [-0.15, -0.1) is 0 Å². The molecule has 0 atom stereocenters. The lowest BCUT2D eigenvalue weighted by molar-refractivity contribution is 0.414. The van der Waals surface area contributed by atoms with Crippen LogP contribution in [0.3, 0.4) is 0 Å². The van der Waals surface area contributed by atoms with Crippen molar-refractivity contribution < 1.29 is 27.7 Å². The highest BCUT2D eigenvalue weighted by Gasteiger charge is 2.11. The van der Waals surface area contributed by atoms with Gasteiger partial charge in [0, 0.05) is 40.0 Å². The fourth-order valence-corrected chi connectivity index (χ4v) is 2.06. The van der Waals surface area contributed by atoms with E-state index in [1.54, 1.807) is 0 Å². The first-order chi connectivity index (χ1) is 14.9. The van der Waals surface area contributed by atoms with Gasteiger partial charge in [0.1, 0.15) is 1.41 Å². The third-order valence-corrected chi connectivity index (χ3v) is 3.38. The van der Waals surface area contributed by atoms with E-state index in [-0.39, 0.29) is 15.6 Å². The predicted octanol–water partition coefficient (Wildman–Crippen LogP) is 1.32.